The first-order valence-electron chi connectivity index (χ1n) is 9.74. The Hall–Kier alpha value is -3.21. The second kappa shape index (κ2) is 9.29. The third-order valence-corrected chi connectivity index (χ3v) is 5.64. The normalized spacial score (nSPS) is 13.7. The molecule has 4 rings (SSSR count). The van der Waals surface area contributed by atoms with Gasteiger partial charge in [-0.05, 0) is 54.3 Å². The van der Waals surface area contributed by atoms with Gasteiger partial charge in [0.1, 0.15) is 0 Å². The van der Waals surface area contributed by atoms with Crippen molar-refractivity contribution in [3.05, 3.63) is 71.3 Å². The van der Waals surface area contributed by atoms with Crippen LogP contribution in [-0.4, -0.2) is 41.0 Å². The van der Waals surface area contributed by atoms with Crippen LogP contribution >= 0.6 is 0 Å². The molecule has 0 spiro atoms. The zero-order valence-corrected chi connectivity index (χ0v) is 17.7. The van der Waals surface area contributed by atoms with Crippen molar-refractivity contribution >= 4 is 34.5 Å². The van der Waals surface area contributed by atoms with Gasteiger partial charge in [0.05, 0.1) is 18.7 Å². The minimum Gasteiger partial charge on any atom is -0.326 e. The highest BCUT2D eigenvalue weighted by atomic mass is 32.2. The van der Waals surface area contributed by atoms with Crippen LogP contribution in [0.5, 0.6) is 0 Å². The number of pyridine rings is 1. The molecular formula is C21H22N6O3S. The van der Waals surface area contributed by atoms with E-state index in [0.29, 0.717) is 25.2 Å². The van der Waals surface area contributed by atoms with Crippen LogP contribution in [0.4, 0.5) is 17.3 Å². The van der Waals surface area contributed by atoms with Crippen molar-refractivity contribution in [2.75, 3.05) is 17.7 Å². The summed E-state index contributed by atoms with van der Waals surface area (Å²) in [5.74, 6) is 0.480. The summed E-state index contributed by atoms with van der Waals surface area (Å²) in [5.41, 5.74) is 5.24. The van der Waals surface area contributed by atoms with E-state index in [9.17, 15) is 13.6 Å². The fourth-order valence-electron chi connectivity index (χ4n) is 3.40. The Labute approximate surface area is 182 Å². The fourth-order valence-corrected chi connectivity index (χ4v) is 3.63. The van der Waals surface area contributed by atoms with Gasteiger partial charge in [-0.1, -0.05) is 6.07 Å². The Balaban J connectivity index is 1.43. The van der Waals surface area contributed by atoms with Gasteiger partial charge in [-0.15, -0.1) is 0 Å². The molecule has 0 saturated heterocycles. The first-order valence-corrected chi connectivity index (χ1v) is 10.8. The number of amides is 1. The molecule has 9 nitrogen and oxygen atoms in total. The highest BCUT2D eigenvalue weighted by Gasteiger charge is 2.17. The minimum atomic E-state index is -2.04. The van der Waals surface area contributed by atoms with E-state index >= 15 is 0 Å². The largest absolute Gasteiger partial charge is 0.326 e. The molecule has 1 unspecified atom stereocenters. The van der Waals surface area contributed by atoms with Gasteiger partial charge in [0.2, 0.25) is 23.1 Å². The Morgan fingerprint density at radius 3 is 2.90 bits per heavy atom. The number of anilines is 3. The number of carbonyl (C=O) groups excluding carboxylic acids is 1. The molecule has 160 valence electrons. The van der Waals surface area contributed by atoms with E-state index in [0.717, 1.165) is 33.9 Å². The second-order valence-corrected chi connectivity index (χ2v) is 8.30. The summed E-state index contributed by atoms with van der Waals surface area (Å²) in [7, 11) is 1.57. The molecule has 1 aliphatic rings. The molecule has 3 aromatic rings. The number of hydrogen-bond donors (Lipinski definition) is 3. The molecule has 3 heterocycles. The van der Waals surface area contributed by atoms with Crippen LogP contribution in [0.3, 0.4) is 0 Å². The van der Waals surface area contributed by atoms with Crippen LogP contribution in [0, 0.1) is 0 Å². The summed E-state index contributed by atoms with van der Waals surface area (Å²) in [6.07, 6.45) is 5.12. The predicted octanol–water partition coefficient (Wildman–Crippen LogP) is 2.46. The number of benzene rings is 1. The topological polar surface area (TPSA) is 120 Å². The highest BCUT2D eigenvalue weighted by Crippen LogP contribution is 2.27. The molecule has 1 amide bonds. The highest BCUT2D eigenvalue weighted by molar-refractivity contribution is 7.76. The number of hydrogen-bond acceptors (Lipinski definition) is 6. The average Bonchev–Trinajstić information content (AvgIpc) is 3.12. The van der Waals surface area contributed by atoms with Crippen LogP contribution in [0.2, 0.25) is 0 Å². The van der Waals surface area contributed by atoms with Crippen molar-refractivity contribution < 1.29 is 13.6 Å². The van der Waals surface area contributed by atoms with Crippen LogP contribution in [0.1, 0.15) is 22.5 Å². The number of nitrogens with one attached hydrogen (secondary N) is 2. The lowest BCUT2D eigenvalue weighted by molar-refractivity contribution is -0.115. The first kappa shape index (κ1) is 21.0. The number of fused-ring (bicyclic) bond motifs is 1. The van der Waals surface area contributed by atoms with Crippen LogP contribution in [-0.2, 0) is 41.9 Å². The average molecular weight is 439 g/mol. The summed E-state index contributed by atoms with van der Waals surface area (Å²) in [4.78, 5) is 24.8. The molecule has 1 aromatic carbocycles. The van der Waals surface area contributed by atoms with Gasteiger partial charge < -0.3 is 10.6 Å². The van der Waals surface area contributed by atoms with Crippen molar-refractivity contribution in [3.8, 4) is 0 Å². The Morgan fingerprint density at radius 2 is 2.06 bits per heavy atom. The quantitative estimate of drug-likeness (QED) is 0.462. The maximum Gasteiger partial charge on any atom is 0.234 e. The summed E-state index contributed by atoms with van der Waals surface area (Å²) < 4.78 is 21.8. The summed E-state index contributed by atoms with van der Waals surface area (Å²) in [6.45, 7) is 0.283. The molecule has 10 heteroatoms. The van der Waals surface area contributed by atoms with E-state index in [4.69, 9.17) is 0 Å². The van der Waals surface area contributed by atoms with Gasteiger partial charge in [-0.2, -0.15) is 4.31 Å². The molecule has 0 aliphatic carbocycles. The Morgan fingerprint density at radius 1 is 1.19 bits per heavy atom. The van der Waals surface area contributed by atoms with Gasteiger partial charge in [0, 0.05) is 36.5 Å². The maximum absolute atomic E-state index is 11.5. The molecule has 2 aromatic heterocycles. The molecule has 31 heavy (non-hydrogen) atoms. The van der Waals surface area contributed by atoms with Crippen molar-refractivity contribution in [1.29, 1.82) is 0 Å². The smallest absolute Gasteiger partial charge is 0.234 e. The van der Waals surface area contributed by atoms with E-state index in [1.54, 1.807) is 19.4 Å². The number of aryl methyl sites for hydroxylation is 2. The van der Waals surface area contributed by atoms with Crippen LogP contribution in [0.15, 0.2) is 48.8 Å². The summed E-state index contributed by atoms with van der Waals surface area (Å²) in [6, 6.07) is 11.4. The molecular weight excluding hydrogens is 416 g/mol. The number of rotatable bonds is 8. The molecule has 1 aliphatic heterocycles. The van der Waals surface area contributed by atoms with E-state index < -0.39 is 11.3 Å². The number of carbonyl (C=O) groups is 1. The van der Waals surface area contributed by atoms with Crippen molar-refractivity contribution in [1.82, 2.24) is 19.3 Å². The van der Waals surface area contributed by atoms with E-state index in [-0.39, 0.29) is 12.5 Å². The van der Waals surface area contributed by atoms with Gasteiger partial charge in [-0.3, -0.25) is 14.3 Å². The van der Waals surface area contributed by atoms with Crippen molar-refractivity contribution in [2.24, 2.45) is 0 Å². The van der Waals surface area contributed by atoms with Crippen LogP contribution < -0.4 is 10.6 Å². The third-order valence-electron chi connectivity index (χ3n) is 4.97. The predicted molar refractivity (Wildman–Crippen MR) is 118 cm³/mol. The second-order valence-electron chi connectivity index (χ2n) is 7.22. The van der Waals surface area contributed by atoms with E-state index in [1.165, 1.54) is 4.31 Å². The zero-order valence-electron chi connectivity index (χ0n) is 16.9. The van der Waals surface area contributed by atoms with Crippen molar-refractivity contribution in [3.63, 3.8) is 0 Å². The number of aromatic nitrogens is 3. The monoisotopic (exact) mass is 438 g/mol. The fraction of sp³-hybridized carbons (Fsp3) is 0.238. The molecule has 0 bridgehead atoms. The molecule has 3 N–H and O–H groups in total. The summed E-state index contributed by atoms with van der Waals surface area (Å²) in [5, 5.41) is 6.01. The van der Waals surface area contributed by atoms with Gasteiger partial charge in [0.15, 0.2) is 0 Å². The molecule has 0 fully saturated rings. The number of nitrogens with zero attached hydrogens (tertiary/aromatic N) is 4. The van der Waals surface area contributed by atoms with Gasteiger partial charge in [0.25, 0.3) is 0 Å². The van der Waals surface area contributed by atoms with Crippen LogP contribution in [0.25, 0.3) is 0 Å². The lowest BCUT2D eigenvalue weighted by atomic mass is 10.1. The standard InChI is InChI=1S/C21H22N6O3S/c1-27(31(29)30)13-19-14(3-2-9-22-19)4-5-16-8-10-23-21(24-16)25-17-6-7-18-15(11-17)12-20(28)26-18/h2-3,6-11H,4-5,12-13H2,1H3,(H,26,28)(H,29,30)(H,23,24,25). The van der Waals surface area contributed by atoms with E-state index in [2.05, 4.69) is 25.6 Å². The molecule has 0 radical (unpaired) electrons. The first-order chi connectivity index (χ1) is 15.0. The zero-order chi connectivity index (χ0) is 21.8. The minimum absolute atomic E-state index is 0.00316. The SMILES string of the molecule is CN(Cc1ncccc1CCc1ccnc(Nc2ccc3c(c2)CC(=O)N3)n1)S(=O)O. The van der Waals surface area contributed by atoms with E-state index in [1.807, 2.05) is 36.4 Å². The Bertz CT molecular complexity index is 1140. The lowest BCUT2D eigenvalue weighted by Crippen LogP contribution is -2.21. The van der Waals surface area contributed by atoms with Gasteiger partial charge in [-0.25, -0.2) is 14.2 Å². The Kier molecular flexibility index (Phi) is 6.31. The maximum atomic E-state index is 11.5. The summed E-state index contributed by atoms with van der Waals surface area (Å²) >= 11 is -2.04. The molecule has 1 atom stereocenters. The third kappa shape index (κ3) is 5.29. The lowest BCUT2D eigenvalue weighted by Gasteiger charge is -2.14. The van der Waals surface area contributed by atoms with Crippen molar-refractivity contribution in [2.45, 2.75) is 25.8 Å². The molecule has 0 saturated carbocycles. The van der Waals surface area contributed by atoms with Gasteiger partial charge >= 0.3 is 0 Å².